The van der Waals surface area contributed by atoms with E-state index in [1.165, 1.54) is 24.3 Å². The minimum Gasteiger partial charge on any atom is -0.505 e. The number of carbonyl (C=O) groups excluding carboxylic acids is 1. The summed E-state index contributed by atoms with van der Waals surface area (Å²) in [7, 11) is -10.3. The molecule has 0 atom stereocenters. The largest absolute Gasteiger partial charge is 0.505 e. The Bertz CT molecular complexity index is 2760. The minimum atomic E-state index is -5.19. The van der Waals surface area contributed by atoms with E-state index in [9.17, 15) is 35.8 Å². The van der Waals surface area contributed by atoms with Gasteiger partial charge in [-0.05, 0) is 72.4 Å². The van der Waals surface area contributed by atoms with E-state index in [1.807, 2.05) is 0 Å². The lowest BCUT2D eigenvalue weighted by atomic mass is 10.1. The van der Waals surface area contributed by atoms with Crippen molar-refractivity contribution in [2.45, 2.75) is 31.4 Å². The highest BCUT2D eigenvalue weighted by Crippen LogP contribution is 2.50. The molecule has 0 radical (unpaired) electrons. The van der Waals surface area contributed by atoms with Crippen molar-refractivity contribution in [1.82, 2.24) is 15.0 Å². The smallest absolute Gasteiger partial charge is 0.330 e. The van der Waals surface area contributed by atoms with E-state index in [4.69, 9.17) is 37.3 Å². The van der Waals surface area contributed by atoms with Crippen LogP contribution in [0, 0.1) is 6.92 Å². The number of carbonyl (C=O) groups is 1. The summed E-state index contributed by atoms with van der Waals surface area (Å²) >= 11 is 7.29. The molecule has 0 bridgehead atoms. The molecule has 0 aliphatic rings. The third-order valence-corrected chi connectivity index (χ3v) is 11.5. The van der Waals surface area contributed by atoms with E-state index in [-0.39, 0.29) is 60.5 Å². The van der Waals surface area contributed by atoms with E-state index < -0.39 is 75.6 Å². The summed E-state index contributed by atoms with van der Waals surface area (Å²) in [6.45, 7) is 1.56. The van der Waals surface area contributed by atoms with Gasteiger partial charge in [-0.15, -0.1) is 33.5 Å². The predicted molar refractivity (Wildman–Crippen MR) is 214 cm³/mol. The number of phenols is 1. The fourth-order valence-electron chi connectivity index (χ4n) is 4.71. The molecular formula is C28H22ClN9O18S6. The van der Waals surface area contributed by atoms with Crippen molar-refractivity contribution in [3.63, 3.8) is 0 Å². The van der Waals surface area contributed by atoms with Crippen LogP contribution in [0.25, 0.3) is 10.8 Å². The molecule has 0 saturated carbocycles. The number of nitrogen functional groups attached to an aromatic ring is 1. The number of nitrogens with two attached hydrogens (primary N) is 1. The Morgan fingerprint density at radius 1 is 0.790 bits per heavy atom. The second-order valence-electron chi connectivity index (χ2n) is 11.0. The highest BCUT2D eigenvalue weighted by Gasteiger charge is 2.26. The standard InChI is InChI=1S/C28H22ClN9O18S6/c1-11-31-27(29)34-28(32-11)33-13-2-5-17(59-55-52-42)16(8-13)36-38-25-20(62(47,48)49)7-12-6-18(60-56-53-43)24(26(40)22(12)23(25)30)37-35-15-4-3-14(9-19(15)61(44,45)46)58-50-21(39)10-57-54-51-41/h2-9,40-43H,10,30H2,1H3,(H,44,45,46)(H,47,48,49)(H,31,32,33,34). The van der Waals surface area contributed by atoms with Crippen LogP contribution in [0.5, 0.6) is 5.75 Å². The number of anilines is 3. The summed E-state index contributed by atoms with van der Waals surface area (Å²) in [5.74, 6) is -1.96. The van der Waals surface area contributed by atoms with Crippen LogP contribution in [0.1, 0.15) is 5.82 Å². The van der Waals surface area contributed by atoms with Crippen LogP contribution in [0.15, 0.2) is 93.5 Å². The molecule has 62 heavy (non-hydrogen) atoms. The van der Waals surface area contributed by atoms with Gasteiger partial charge in [0.15, 0.2) is 5.75 Å². The zero-order valence-corrected chi connectivity index (χ0v) is 35.6. The Labute approximate surface area is 367 Å². The van der Waals surface area contributed by atoms with Crippen LogP contribution in [-0.4, -0.2) is 73.5 Å². The molecule has 0 spiro atoms. The predicted octanol–water partition coefficient (Wildman–Crippen LogP) is 7.82. The molecule has 0 aliphatic carbocycles. The number of fused-ring (bicyclic) bond motifs is 1. The van der Waals surface area contributed by atoms with Crippen molar-refractivity contribution in [3.05, 3.63) is 59.6 Å². The summed E-state index contributed by atoms with van der Waals surface area (Å²) < 4.78 is 88.3. The number of hydrogen-bond acceptors (Lipinski definition) is 29. The van der Waals surface area contributed by atoms with Gasteiger partial charge in [-0.3, -0.25) is 13.9 Å². The maximum absolute atomic E-state index is 12.7. The van der Waals surface area contributed by atoms with Crippen LogP contribution in [0.3, 0.4) is 0 Å². The van der Waals surface area contributed by atoms with E-state index in [0.29, 0.717) is 36.1 Å². The molecule has 0 aliphatic heterocycles. The SMILES string of the molecule is Cc1nc(Cl)nc(Nc2ccc(SOOO)c(N=Nc3c(S(=O)(=O)O)cc4cc(SOOO)c(N=Nc5ccc(SOC(=O)CSOOO)cc5S(=O)(=O)O)c(O)c4c3N)c2)n1. The number of azo groups is 2. The van der Waals surface area contributed by atoms with E-state index in [1.54, 1.807) is 6.92 Å². The van der Waals surface area contributed by atoms with Crippen molar-refractivity contribution in [3.8, 4) is 5.75 Å². The number of rotatable bonds is 20. The first-order valence-corrected chi connectivity index (χ1v) is 21.9. The van der Waals surface area contributed by atoms with Crippen LogP contribution in [0.2, 0.25) is 5.28 Å². The Kier molecular flexibility index (Phi) is 16.9. The molecule has 0 fully saturated rings. The summed E-state index contributed by atoms with van der Waals surface area (Å²) in [5, 5.41) is 65.8. The number of hydrogen-bond donors (Lipinski definition) is 8. The molecule has 27 nitrogen and oxygen atoms in total. The molecule has 1 heterocycles. The summed E-state index contributed by atoms with van der Waals surface area (Å²) in [6, 6.07) is 9.20. The Hall–Kier alpha value is -4.63. The molecule has 0 unspecified atom stereocenters. The lowest BCUT2D eigenvalue weighted by molar-refractivity contribution is -0.432. The van der Waals surface area contributed by atoms with E-state index in [0.717, 1.165) is 24.3 Å². The quantitative estimate of drug-likeness (QED) is 0.00700. The normalized spacial score (nSPS) is 12.2. The number of halogens is 1. The van der Waals surface area contributed by atoms with Gasteiger partial charge in [0.1, 0.15) is 44.1 Å². The van der Waals surface area contributed by atoms with Gasteiger partial charge in [-0.2, -0.15) is 26.8 Å². The third kappa shape index (κ3) is 12.7. The number of aromatic nitrogens is 3. The van der Waals surface area contributed by atoms with Crippen molar-refractivity contribution in [2.24, 2.45) is 20.5 Å². The van der Waals surface area contributed by atoms with Crippen LogP contribution in [0.4, 0.5) is 40.1 Å². The van der Waals surface area contributed by atoms with Gasteiger partial charge in [0.05, 0.1) is 57.0 Å². The maximum atomic E-state index is 12.7. The fraction of sp³-hybridized carbons (Fsp3) is 0.0714. The molecule has 0 saturated heterocycles. The highest BCUT2D eigenvalue weighted by molar-refractivity contribution is 7.96. The van der Waals surface area contributed by atoms with Gasteiger partial charge in [-0.1, -0.05) is 15.1 Å². The lowest BCUT2D eigenvalue weighted by Crippen LogP contribution is -2.03. The van der Waals surface area contributed by atoms with Gasteiger partial charge in [0.2, 0.25) is 11.2 Å². The van der Waals surface area contributed by atoms with E-state index in [2.05, 4.69) is 68.8 Å². The molecular weight excluding hydrogens is 978 g/mol. The first-order valence-electron chi connectivity index (χ1n) is 15.5. The average Bonchev–Trinajstić information content (AvgIpc) is 3.20. The monoisotopic (exact) mass is 999 g/mol. The number of aryl methyl sites for hydroxylation is 1. The number of benzene rings is 4. The summed E-state index contributed by atoms with van der Waals surface area (Å²) in [6.07, 6.45) is 0. The molecule has 5 aromatic rings. The molecule has 5 rings (SSSR count). The Morgan fingerprint density at radius 3 is 2.11 bits per heavy atom. The zero-order valence-electron chi connectivity index (χ0n) is 29.9. The summed E-state index contributed by atoms with van der Waals surface area (Å²) in [4.78, 5) is 21.8. The lowest BCUT2D eigenvalue weighted by Gasteiger charge is -2.14. The van der Waals surface area contributed by atoms with Gasteiger partial charge in [0.25, 0.3) is 20.2 Å². The van der Waals surface area contributed by atoms with Crippen molar-refractivity contribution < 1.29 is 83.9 Å². The second kappa shape index (κ2) is 21.6. The van der Waals surface area contributed by atoms with Gasteiger partial charge in [-0.25, -0.2) is 20.8 Å². The van der Waals surface area contributed by atoms with Crippen LogP contribution < -0.4 is 11.1 Å². The van der Waals surface area contributed by atoms with Crippen LogP contribution in [-0.2, 0) is 57.3 Å². The van der Waals surface area contributed by atoms with E-state index >= 15 is 0 Å². The Morgan fingerprint density at radius 2 is 1.45 bits per heavy atom. The van der Waals surface area contributed by atoms with Crippen molar-refractivity contribution in [2.75, 3.05) is 16.8 Å². The number of nitrogens with zero attached hydrogens (tertiary/aromatic N) is 7. The topological polar surface area (TPSA) is 398 Å². The minimum absolute atomic E-state index is 0.0202. The third-order valence-electron chi connectivity index (χ3n) is 7.05. The maximum Gasteiger partial charge on any atom is 0.330 e. The number of nitrogens with one attached hydrogen (secondary N) is 1. The highest BCUT2D eigenvalue weighted by atomic mass is 35.5. The molecule has 0 amide bonds. The molecule has 1 aromatic heterocycles. The fourth-order valence-corrected chi connectivity index (χ4v) is 8.07. The molecule has 34 heteroatoms. The summed E-state index contributed by atoms with van der Waals surface area (Å²) in [5.41, 5.74) is 4.04. The van der Waals surface area contributed by atoms with Crippen LogP contribution >= 0.6 is 59.8 Å². The second-order valence-corrected chi connectivity index (χ2v) is 17.0. The van der Waals surface area contributed by atoms with Gasteiger partial charge < -0.3 is 20.3 Å². The Balaban J connectivity index is 1.61. The number of phenolic OH excluding ortho intramolecular Hbond substituents is 1. The molecule has 4 aromatic carbocycles. The number of aromatic hydroxyl groups is 1. The van der Waals surface area contributed by atoms with Gasteiger partial charge >= 0.3 is 5.97 Å². The first-order chi connectivity index (χ1) is 29.4. The molecule has 330 valence electrons. The van der Waals surface area contributed by atoms with Crippen molar-refractivity contribution >= 4 is 137 Å². The van der Waals surface area contributed by atoms with Gasteiger partial charge in [0, 0.05) is 22.6 Å². The zero-order chi connectivity index (χ0) is 45.2. The molecule has 9 N–H and O–H groups in total. The van der Waals surface area contributed by atoms with Crippen molar-refractivity contribution in [1.29, 1.82) is 0 Å². The first kappa shape index (κ1) is 48.4. The average molecular weight is 1000 g/mol.